The Hall–Kier alpha value is -4.00. The Bertz CT molecular complexity index is 1460. The first kappa shape index (κ1) is 22.2. The summed E-state index contributed by atoms with van der Waals surface area (Å²) in [4.78, 5) is 38.1. The molecule has 4 bridgehead atoms. The summed E-state index contributed by atoms with van der Waals surface area (Å²) in [5.41, 5.74) is 4.33. The second kappa shape index (κ2) is 8.54. The number of hydrogen-bond donors (Lipinski definition) is 3. The van der Waals surface area contributed by atoms with Crippen molar-refractivity contribution in [1.29, 1.82) is 0 Å². The zero-order chi connectivity index (χ0) is 25.0. The summed E-state index contributed by atoms with van der Waals surface area (Å²) >= 11 is 0. The molecule has 4 aliphatic carbocycles. The van der Waals surface area contributed by atoms with Crippen molar-refractivity contribution >= 4 is 34.2 Å². The van der Waals surface area contributed by atoms with E-state index >= 15 is 0 Å². The van der Waals surface area contributed by atoms with E-state index in [4.69, 9.17) is 4.98 Å². The Morgan fingerprint density at radius 2 is 1.59 bits per heavy atom. The van der Waals surface area contributed by atoms with E-state index in [1.54, 1.807) is 36.7 Å². The fourth-order valence-electron chi connectivity index (χ4n) is 7.29. The zero-order valence-electron chi connectivity index (χ0n) is 20.5. The highest BCUT2D eigenvalue weighted by atomic mass is 16.2. The van der Waals surface area contributed by atoms with Crippen molar-refractivity contribution in [2.24, 2.45) is 23.2 Å². The number of hydrogen-bond acceptors (Lipinski definition) is 4. The van der Waals surface area contributed by atoms with Crippen LogP contribution in [0.4, 0.5) is 11.4 Å². The van der Waals surface area contributed by atoms with Crippen molar-refractivity contribution < 1.29 is 9.59 Å². The van der Waals surface area contributed by atoms with Gasteiger partial charge in [-0.15, -0.1) is 0 Å². The summed E-state index contributed by atoms with van der Waals surface area (Å²) in [6.07, 6.45) is 10.4. The minimum absolute atomic E-state index is 0.160. The SMILES string of the molecule is O=C(Nc1cccnc1)c1ccc2[nH]c(-c3ccc(NC(=O)C45CC6CC(CC(C6)C4)C5)cc3)nc2c1. The van der Waals surface area contributed by atoms with Crippen molar-refractivity contribution in [3.63, 3.8) is 0 Å². The van der Waals surface area contributed by atoms with Gasteiger partial charge in [0.15, 0.2) is 0 Å². The molecule has 2 aromatic carbocycles. The number of carbonyl (C=O) groups excluding carboxylic acids is 2. The lowest BCUT2D eigenvalue weighted by Gasteiger charge is -2.55. The molecule has 4 aliphatic rings. The number of anilines is 2. The monoisotopic (exact) mass is 491 g/mol. The Morgan fingerprint density at radius 1 is 0.865 bits per heavy atom. The summed E-state index contributed by atoms with van der Waals surface area (Å²) < 4.78 is 0. The van der Waals surface area contributed by atoms with E-state index < -0.39 is 0 Å². The number of H-pyrrole nitrogens is 1. The van der Waals surface area contributed by atoms with Gasteiger partial charge in [0.1, 0.15) is 5.82 Å². The van der Waals surface area contributed by atoms with Crippen LogP contribution < -0.4 is 10.6 Å². The van der Waals surface area contributed by atoms with Crippen LogP contribution in [0.15, 0.2) is 67.0 Å². The largest absolute Gasteiger partial charge is 0.338 e. The number of aromatic nitrogens is 3. The second-order valence-corrected chi connectivity index (χ2v) is 11.2. The maximum absolute atomic E-state index is 13.4. The van der Waals surface area contributed by atoms with E-state index in [0.717, 1.165) is 59.6 Å². The molecule has 4 fully saturated rings. The van der Waals surface area contributed by atoms with Gasteiger partial charge in [-0.05, 0) is 111 Å². The highest BCUT2D eigenvalue weighted by Gasteiger charge is 2.54. The molecule has 2 aromatic heterocycles. The number of benzene rings is 2. The van der Waals surface area contributed by atoms with E-state index in [2.05, 4.69) is 20.6 Å². The third-order valence-corrected chi connectivity index (χ3v) is 8.60. The van der Waals surface area contributed by atoms with Crippen molar-refractivity contribution in [1.82, 2.24) is 15.0 Å². The van der Waals surface area contributed by atoms with Gasteiger partial charge in [0, 0.05) is 23.0 Å². The van der Waals surface area contributed by atoms with Crippen molar-refractivity contribution in [2.75, 3.05) is 10.6 Å². The zero-order valence-corrected chi connectivity index (χ0v) is 20.5. The van der Waals surface area contributed by atoms with Gasteiger partial charge in [-0.2, -0.15) is 0 Å². The van der Waals surface area contributed by atoms with Gasteiger partial charge in [-0.1, -0.05) is 0 Å². The number of imidazole rings is 1. The van der Waals surface area contributed by atoms with Crippen LogP contribution in [0.1, 0.15) is 48.9 Å². The molecule has 7 nitrogen and oxygen atoms in total. The summed E-state index contributed by atoms with van der Waals surface area (Å²) in [5, 5.41) is 6.08. The van der Waals surface area contributed by atoms with Gasteiger partial charge in [0.05, 0.1) is 28.3 Å². The maximum atomic E-state index is 13.4. The molecule has 2 amide bonds. The standard InChI is InChI=1S/C30H29N5O2/c36-28(32-24-2-1-9-31-17-24)22-5-8-25-26(13-22)35-27(34-25)21-3-6-23(7-4-21)33-29(37)30-14-18-10-19(15-30)12-20(11-18)16-30/h1-9,13,17-20H,10-12,14-16H2,(H,32,36)(H,33,37)(H,34,35). The number of nitrogens with zero attached hydrogens (tertiary/aromatic N) is 2. The van der Waals surface area contributed by atoms with Crippen LogP contribution in [-0.4, -0.2) is 26.8 Å². The molecule has 0 aliphatic heterocycles. The van der Waals surface area contributed by atoms with Gasteiger partial charge in [0.2, 0.25) is 5.91 Å². The summed E-state index contributed by atoms with van der Waals surface area (Å²) in [5.74, 6) is 2.95. The van der Waals surface area contributed by atoms with E-state index in [1.165, 1.54) is 19.3 Å². The predicted molar refractivity (Wildman–Crippen MR) is 143 cm³/mol. The molecule has 4 saturated carbocycles. The first-order chi connectivity index (χ1) is 18.0. The third kappa shape index (κ3) is 4.08. The van der Waals surface area contributed by atoms with Crippen LogP contribution in [0, 0.1) is 23.2 Å². The Balaban J connectivity index is 1.06. The van der Waals surface area contributed by atoms with Crippen molar-refractivity contribution in [2.45, 2.75) is 38.5 Å². The Kier molecular flexibility index (Phi) is 5.13. The minimum Gasteiger partial charge on any atom is -0.338 e. The summed E-state index contributed by atoms with van der Waals surface area (Å²) in [7, 11) is 0. The smallest absolute Gasteiger partial charge is 0.255 e. The average molecular weight is 492 g/mol. The molecule has 0 saturated heterocycles. The van der Waals surface area contributed by atoms with E-state index in [9.17, 15) is 9.59 Å². The number of carbonyl (C=O) groups is 2. The van der Waals surface area contributed by atoms with Gasteiger partial charge in [-0.25, -0.2) is 4.98 Å². The predicted octanol–water partition coefficient (Wildman–Crippen LogP) is 6.03. The number of nitrogens with one attached hydrogen (secondary N) is 3. The number of aromatic amines is 1. The molecule has 0 atom stereocenters. The van der Waals surface area contributed by atoms with E-state index in [1.807, 2.05) is 30.3 Å². The van der Waals surface area contributed by atoms with Crippen molar-refractivity contribution in [3.8, 4) is 11.4 Å². The number of rotatable bonds is 5. The molecule has 4 aromatic rings. The van der Waals surface area contributed by atoms with Gasteiger partial charge in [0.25, 0.3) is 5.91 Å². The fourth-order valence-corrected chi connectivity index (χ4v) is 7.29. The first-order valence-electron chi connectivity index (χ1n) is 13.2. The molecule has 3 N–H and O–H groups in total. The molecule has 186 valence electrons. The minimum atomic E-state index is -0.210. The topological polar surface area (TPSA) is 99.8 Å². The second-order valence-electron chi connectivity index (χ2n) is 11.2. The first-order valence-corrected chi connectivity index (χ1v) is 13.2. The normalized spacial score (nSPS) is 25.8. The van der Waals surface area contributed by atoms with Crippen LogP contribution in [0.25, 0.3) is 22.4 Å². The molecule has 0 spiro atoms. The number of pyridine rings is 1. The van der Waals surface area contributed by atoms with Crippen LogP contribution in [-0.2, 0) is 4.79 Å². The lowest BCUT2D eigenvalue weighted by atomic mass is 9.49. The summed E-state index contributed by atoms with van der Waals surface area (Å²) in [6.45, 7) is 0. The lowest BCUT2D eigenvalue weighted by molar-refractivity contribution is -0.140. The van der Waals surface area contributed by atoms with Gasteiger partial charge < -0.3 is 15.6 Å². The molecule has 2 heterocycles. The van der Waals surface area contributed by atoms with Crippen LogP contribution in [0.3, 0.4) is 0 Å². The molecule has 8 rings (SSSR count). The molecular formula is C30H29N5O2. The van der Waals surface area contributed by atoms with Crippen LogP contribution in [0.5, 0.6) is 0 Å². The number of amides is 2. The Labute approximate surface area is 215 Å². The quantitative estimate of drug-likeness (QED) is 0.317. The van der Waals surface area contributed by atoms with Crippen molar-refractivity contribution in [3.05, 3.63) is 72.6 Å². The van der Waals surface area contributed by atoms with E-state index in [-0.39, 0.29) is 17.2 Å². The van der Waals surface area contributed by atoms with Crippen LogP contribution >= 0.6 is 0 Å². The molecule has 37 heavy (non-hydrogen) atoms. The molecule has 0 radical (unpaired) electrons. The highest BCUT2D eigenvalue weighted by molar-refractivity contribution is 6.06. The molecule has 7 heteroatoms. The maximum Gasteiger partial charge on any atom is 0.255 e. The van der Waals surface area contributed by atoms with E-state index in [0.29, 0.717) is 16.8 Å². The molecular weight excluding hydrogens is 462 g/mol. The Morgan fingerprint density at radius 3 is 2.27 bits per heavy atom. The highest BCUT2D eigenvalue weighted by Crippen LogP contribution is 2.60. The average Bonchev–Trinajstić information content (AvgIpc) is 3.32. The number of fused-ring (bicyclic) bond motifs is 1. The summed E-state index contributed by atoms with van der Waals surface area (Å²) in [6, 6.07) is 16.8. The third-order valence-electron chi connectivity index (χ3n) is 8.60. The van der Waals surface area contributed by atoms with Gasteiger partial charge >= 0.3 is 0 Å². The fraction of sp³-hybridized carbons (Fsp3) is 0.333. The van der Waals surface area contributed by atoms with Crippen LogP contribution in [0.2, 0.25) is 0 Å². The molecule has 0 unspecified atom stereocenters. The lowest BCUT2D eigenvalue weighted by Crippen LogP contribution is -2.51. The van der Waals surface area contributed by atoms with Gasteiger partial charge in [-0.3, -0.25) is 14.6 Å².